The molecule has 6 nitrogen and oxygen atoms in total. The maximum atomic E-state index is 13.0. The maximum Gasteiger partial charge on any atom is 0.317 e. The fraction of sp³-hybridized carbons (Fsp3) is 0.300. The van der Waals surface area contributed by atoms with E-state index < -0.39 is 0 Å². The Balaban J connectivity index is 1.42. The zero-order chi connectivity index (χ0) is 19.9. The van der Waals surface area contributed by atoms with E-state index in [9.17, 15) is 14.0 Å². The van der Waals surface area contributed by atoms with Crippen molar-refractivity contribution in [1.82, 2.24) is 10.2 Å². The summed E-state index contributed by atoms with van der Waals surface area (Å²) in [5, 5.41) is 5.45. The topological polar surface area (TPSA) is 64.7 Å². The fourth-order valence-corrected chi connectivity index (χ4v) is 3.45. The van der Waals surface area contributed by atoms with Crippen LogP contribution in [0.15, 0.2) is 53.4 Å². The normalized spacial score (nSPS) is 13.9. The quantitative estimate of drug-likeness (QED) is 0.755. The number of piperazine rings is 1. The van der Waals surface area contributed by atoms with Crippen molar-refractivity contribution < 1.29 is 14.0 Å². The van der Waals surface area contributed by atoms with Crippen molar-refractivity contribution >= 4 is 35.1 Å². The minimum atomic E-state index is -0.267. The van der Waals surface area contributed by atoms with Crippen LogP contribution in [0.25, 0.3) is 0 Å². The van der Waals surface area contributed by atoms with E-state index in [2.05, 4.69) is 15.5 Å². The smallest absolute Gasteiger partial charge is 0.317 e. The number of hydrogen-bond donors (Lipinski definition) is 2. The monoisotopic (exact) mass is 402 g/mol. The molecule has 1 fully saturated rings. The van der Waals surface area contributed by atoms with Crippen LogP contribution in [0.3, 0.4) is 0 Å². The first-order valence-corrected chi connectivity index (χ1v) is 10.2. The number of hydrogen-bond acceptors (Lipinski definition) is 4. The highest BCUT2D eigenvalue weighted by Gasteiger charge is 2.21. The van der Waals surface area contributed by atoms with Crippen molar-refractivity contribution in [3.63, 3.8) is 0 Å². The second-order valence-corrected chi connectivity index (χ2v) is 7.27. The highest BCUT2D eigenvalue weighted by molar-refractivity contribution is 7.98. The predicted octanol–water partition coefficient (Wildman–Crippen LogP) is 3.02. The lowest BCUT2D eigenvalue weighted by atomic mass is 10.2. The third-order valence-electron chi connectivity index (χ3n) is 4.51. The van der Waals surface area contributed by atoms with E-state index >= 15 is 0 Å². The molecule has 1 saturated heterocycles. The predicted molar refractivity (Wildman–Crippen MR) is 110 cm³/mol. The Bertz CT molecular complexity index is 823. The van der Waals surface area contributed by atoms with Gasteiger partial charge in [0.2, 0.25) is 5.91 Å². The molecule has 0 bridgehead atoms. The number of anilines is 2. The molecule has 0 aliphatic carbocycles. The number of amides is 3. The van der Waals surface area contributed by atoms with Crippen LogP contribution in [-0.4, -0.2) is 55.8 Å². The highest BCUT2D eigenvalue weighted by atomic mass is 32.2. The van der Waals surface area contributed by atoms with Crippen LogP contribution in [0.2, 0.25) is 0 Å². The summed E-state index contributed by atoms with van der Waals surface area (Å²) >= 11 is 1.60. The first-order valence-electron chi connectivity index (χ1n) is 9.02. The molecule has 2 aromatic rings. The average Bonchev–Trinajstić information content (AvgIpc) is 2.73. The summed E-state index contributed by atoms with van der Waals surface area (Å²) in [4.78, 5) is 29.2. The molecule has 0 radical (unpaired) electrons. The molecular formula is C20H23FN4O2S. The molecule has 148 valence electrons. The van der Waals surface area contributed by atoms with E-state index in [1.807, 2.05) is 30.5 Å². The number of rotatable bonds is 5. The van der Waals surface area contributed by atoms with E-state index in [1.165, 1.54) is 12.1 Å². The number of carbonyl (C=O) groups excluding carboxylic acids is 2. The standard InChI is InChI=1S/C20H23FN4O2S/c1-28-18-4-2-3-16(13-18)23-19(26)14-22-20(27)25-11-9-24(10-12-25)17-7-5-15(21)6-8-17/h2-8,13H,9-12,14H2,1H3,(H,22,27)(H,23,26). The number of nitrogens with zero attached hydrogens (tertiary/aromatic N) is 2. The van der Waals surface area contributed by atoms with Gasteiger partial charge in [-0.05, 0) is 48.7 Å². The van der Waals surface area contributed by atoms with Crippen LogP contribution in [0.5, 0.6) is 0 Å². The minimum Gasteiger partial charge on any atom is -0.368 e. The summed E-state index contributed by atoms with van der Waals surface area (Å²) in [7, 11) is 0. The van der Waals surface area contributed by atoms with Crippen LogP contribution in [0.4, 0.5) is 20.6 Å². The molecule has 2 N–H and O–H groups in total. The second-order valence-electron chi connectivity index (χ2n) is 6.39. The van der Waals surface area contributed by atoms with Gasteiger partial charge in [0.1, 0.15) is 5.82 Å². The van der Waals surface area contributed by atoms with Crippen molar-refractivity contribution in [2.24, 2.45) is 0 Å². The lowest BCUT2D eigenvalue weighted by Crippen LogP contribution is -2.52. The molecule has 3 amide bonds. The van der Waals surface area contributed by atoms with E-state index in [1.54, 1.807) is 28.8 Å². The molecule has 1 aliphatic heterocycles. The Kier molecular flexibility index (Phi) is 6.76. The molecule has 0 spiro atoms. The summed E-state index contributed by atoms with van der Waals surface area (Å²) in [5.41, 5.74) is 1.65. The molecule has 8 heteroatoms. The molecule has 1 heterocycles. The molecule has 28 heavy (non-hydrogen) atoms. The van der Waals surface area contributed by atoms with Gasteiger partial charge in [-0.3, -0.25) is 4.79 Å². The van der Waals surface area contributed by atoms with Crippen LogP contribution in [0, 0.1) is 5.82 Å². The molecule has 0 aromatic heterocycles. The van der Waals surface area contributed by atoms with Crippen LogP contribution in [0.1, 0.15) is 0 Å². The van der Waals surface area contributed by atoms with Gasteiger partial charge in [0, 0.05) is 42.4 Å². The van der Waals surface area contributed by atoms with Gasteiger partial charge < -0.3 is 20.4 Å². The van der Waals surface area contributed by atoms with Gasteiger partial charge in [0.25, 0.3) is 0 Å². The Hall–Kier alpha value is -2.74. The third-order valence-corrected chi connectivity index (χ3v) is 5.24. The van der Waals surface area contributed by atoms with Crippen LogP contribution >= 0.6 is 11.8 Å². The third kappa shape index (κ3) is 5.39. The SMILES string of the molecule is CSc1cccc(NC(=O)CNC(=O)N2CCN(c3ccc(F)cc3)CC2)c1. The van der Waals surface area contributed by atoms with Gasteiger partial charge in [-0.15, -0.1) is 11.8 Å². The fourth-order valence-electron chi connectivity index (χ4n) is 2.99. The lowest BCUT2D eigenvalue weighted by molar-refractivity contribution is -0.115. The zero-order valence-electron chi connectivity index (χ0n) is 15.7. The molecule has 1 aliphatic rings. The molecular weight excluding hydrogens is 379 g/mol. The lowest BCUT2D eigenvalue weighted by Gasteiger charge is -2.36. The van der Waals surface area contributed by atoms with Crippen molar-refractivity contribution in [2.75, 3.05) is 49.2 Å². The molecule has 0 atom stereocenters. The highest BCUT2D eigenvalue weighted by Crippen LogP contribution is 2.19. The Morgan fingerprint density at radius 1 is 1.07 bits per heavy atom. The number of urea groups is 1. The van der Waals surface area contributed by atoms with Crippen molar-refractivity contribution in [3.05, 3.63) is 54.3 Å². The molecule has 3 rings (SSSR count). The Morgan fingerprint density at radius 3 is 2.46 bits per heavy atom. The molecule has 0 saturated carbocycles. The van der Waals surface area contributed by atoms with Gasteiger partial charge in [0.15, 0.2) is 0 Å². The average molecular weight is 402 g/mol. The van der Waals surface area contributed by atoms with E-state index in [0.717, 1.165) is 10.6 Å². The summed E-state index contributed by atoms with van der Waals surface area (Å²) in [5.74, 6) is -0.531. The number of nitrogens with one attached hydrogen (secondary N) is 2. The van der Waals surface area contributed by atoms with Gasteiger partial charge in [-0.25, -0.2) is 9.18 Å². The maximum absolute atomic E-state index is 13.0. The van der Waals surface area contributed by atoms with Gasteiger partial charge >= 0.3 is 6.03 Å². The van der Waals surface area contributed by atoms with Gasteiger partial charge in [0.05, 0.1) is 6.54 Å². The first kappa shape index (κ1) is 20.0. The van der Waals surface area contributed by atoms with Crippen molar-refractivity contribution in [3.8, 4) is 0 Å². The number of carbonyl (C=O) groups is 2. The van der Waals surface area contributed by atoms with Gasteiger partial charge in [-0.1, -0.05) is 6.07 Å². The zero-order valence-corrected chi connectivity index (χ0v) is 16.5. The van der Waals surface area contributed by atoms with E-state index in [4.69, 9.17) is 0 Å². The Morgan fingerprint density at radius 2 is 1.79 bits per heavy atom. The number of halogens is 1. The van der Waals surface area contributed by atoms with E-state index in [0.29, 0.717) is 31.9 Å². The Labute approximate surface area is 168 Å². The minimum absolute atomic E-state index is 0.0828. The summed E-state index contributed by atoms with van der Waals surface area (Å²) < 4.78 is 13.0. The largest absolute Gasteiger partial charge is 0.368 e. The van der Waals surface area contributed by atoms with Crippen LogP contribution < -0.4 is 15.5 Å². The first-order chi connectivity index (χ1) is 13.5. The van der Waals surface area contributed by atoms with Crippen molar-refractivity contribution in [2.45, 2.75) is 4.90 Å². The number of thioether (sulfide) groups is 1. The summed E-state index contributed by atoms with van der Waals surface area (Å²) in [6.07, 6.45) is 1.97. The van der Waals surface area contributed by atoms with Crippen molar-refractivity contribution in [1.29, 1.82) is 0 Å². The summed E-state index contributed by atoms with van der Waals surface area (Å²) in [6.45, 7) is 2.32. The molecule has 2 aromatic carbocycles. The second kappa shape index (κ2) is 9.45. The summed E-state index contributed by atoms with van der Waals surface area (Å²) in [6, 6.07) is 13.6. The van der Waals surface area contributed by atoms with Gasteiger partial charge in [-0.2, -0.15) is 0 Å². The van der Waals surface area contributed by atoms with E-state index in [-0.39, 0.29) is 24.3 Å². The molecule has 0 unspecified atom stereocenters. The van der Waals surface area contributed by atoms with Crippen LogP contribution in [-0.2, 0) is 4.79 Å². The number of benzene rings is 2.